The van der Waals surface area contributed by atoms with Gasteiger partial charge >= 0.3 is 0 Å². The minimum absolute atomic E-state index is 0.132. The summed E-state index contributed by atoms with van der Waals surface area (Å²) in [5.74, 6) is -0.246. The molecule has 0 aliphatic heterocycles. The number of hydrogen-bond acceptors (Lipinski definition) is 3. The van der Waals surface area contributed by atoms with Gasteiger partial charge < -0.3 is 5.32 Å². The summed E-state index contributed by atoms with van der Waals surface area (Å²) in [7, 11) is 0. The van der Waals surface area contributed by atoms with Crippen LogP contribution in [0.4, 0.5) is 5.69 Å². The lowest BCUT2D eigenvalue weighted by molar-refractivity contribution is -0.119. The lowest BCUT2D eigenvalue weighted by atomic mass is 10.2. The Kier molecular flexibility index (Phi) is 6.68. The number of halogens is 3. The lowest BCUT2D eigenvalue weighted by Gasteiger charge is -2.08. The Morgan fingerprint density at radius 1 is 1.26 bits per heavy atom. The Bertz CT molecular complexity index is 750. The van der Waals surface area contributed by atoms with Gasteiger partial charge in [0.1, 0.15) is 0 Å². The van der Waals surface area contributed by atoms with Gasteiger partial charge in [-0.05, 0) is 65.4 Å². The number of anilines is 1. The molecule has 0 heterocycles. The van der Waals surface area contributed by atoms with E-state index in [-0.39, 0.29) is 12.5 Å². The number of nitrogens with one attached hydrogen (secondary N) is 2. The fraction of sp³-hybridized carbons (Fsp3) is 0.125. The molecule has 0 unspecified atom stereocenters. The summed E-state index contributed by atoms with van der Waals surface area (Å²) in [6.45, 7) is 2.12. The topological polar surface area (TPSA) is 53.5 Å². The predicted molar refractivity (Wildman–Crippen MR) is 105 cm³/mol. The molecule has 0 bridgehead atoms. The first kappa shape index (κ1) is 18.0. The van der Waals surface area contributed by atoms with E-state index in [4.69, 9.17) is 23.2 Å². The minimum atomic E-state index is -0.246. The molecule has 4 nitrogen and oxygen atoms in total. The van der Waals surface area contributed by atoms with E-state index in [1.54, 1.807) is 18.2 Å². The Morgan fingerprint density at radius 3 is 2.74 bits per heavy atom. The van der Waals surface area contributed by atoms with Crippen molar-refractivity contribution in [2.75, 3.05) is 11.9 Å². The smallest absolute Gasteiger partial charge is 0.259 e. The zero-order valence-corrected chi connectivity index (χ0v) is 15.9. The maximum Gasteiger partial charge on any atom is 0.259 e. The van der Waals surface area contributed by atoms with Crippen molar-refractivity contribution in [2.24, 2.45) is 5.10 Å². The average molecular weight is 462 g/mol. The molecule has 1 amide bonds. The summed E-state index contributed by atoms with van der Waals surface area (Å²) >= 11 is 14.1. The molecule has 0 aliphatic rings. The van der Waals surface area contributed by atoms with Gasteiger partial charge in [-0.25, -0.2) is 5.43 Å². The molecule has 0 fully saturated rings. The second-order valence-electron chi connectivity index (χ2n) is 4.77. The third kappa shape index (κ3) is 5.67. The maximum atomic E-state index is 11.8. The van der Waals surface area contributed by atoms with E-state index in [0.29, 0.717) is 15.6 Å². The summed E-state index contributed by atoms with van der Waals surface area (Å²) in [4.78, 5) is 11.8. The van der Waals surface area contributed by atoms with E-state index in [1.165, 1.54) is 6.21 Å². The molecule has 0 radical (unpaired) electrons. The number of nitrogens with zero attached hydrogens (tertiary/aromatic N) is 1. The minimum Gasteiger partial charge on any atom is -0.376 e. The van der Waals surface area contributed by atoms with Crippen LogP contribution in [0.2, 0.25) is 10.0 Å². The van der Waals surface area contributed by atoms with E-state index < -0.39 is 0 Å². The van der Waals surface area contributed by atoms with Crippen molar-refractivity contribution in [3.05, 3.63) is 61.1 Å². The molecule has 7 heteroatoms. The van der Waals surface area contributed by atoms with Crippen LogP contribution in [0.25, 0.3) is 0 Å². The van der Waals surface area contributed by atoms with Gasteiger partial charge in [-0.1, -0.05) is 29.3 Å². The summed E-state index contributed by atoms with van der Waals surface area (Å²) in [5, 5.41) is 7.99. The van der Waals surface area contributed by atoms with Gasteiger partial charge in [0, 0.05) is 19.8 Å². The van der Waals surface area contributed by atoms with Crippen LogP contribution in [-0.4, -0.2) is 18.7 Å². The second kappa shape index (κ2) is 8.52. The van der Waals surface area contributed by atoms with Gasteiger partial charge in [0.2, 0.25) is 0 Å². The summed E-state index contributed by atoms with van der Waals surface area (Å²) in [5.41, 5.74) is 5.13. The van der Waals surface area contributed by atoms with E-state index >= 15 is 0 Å². The zero-order valence-electron chi connectivity index (χ0n) is 12.2. The van der Waals surface area contributed by atoms with Crippen LogP contribution in [0.15, 0.2) is 41.5 Å². The molecular formula is C16H14Cl2IN3O. The van der Waals surface area contributed by atoms with Gasteiger partial charge in [0.15, 0.2) is 0 Å². The van der Waals surface area contributed by atoms with Gasteiger partial charge in [0.05, 0.1) is 17.8 Å². The number of hydrazone groups is 1. The molecular weight excluding hydrogens is 448 g/mol. The highest BCUT2D eigenvalue weighted by atomic mass is 127. The van der Waals surface area contributed by atoms with Crippen LogP contribution in [-0.2, 0) is 4.79 Å². The monoisotopic (exact) mass is 461 g/mol. The Morgan fingerprint density at radius 2 is 2.04 bits per heavy atom. The van der Waals surface area contributed by atoms with Crippen LogP contribution in [0, 0.1) is 10.5 Å². The fourth-order valence-electron chi connectivity index (χ4n) is 1.82. The first-order valence-electron chi connectivity index (χ1n) is 6.72. The number of benzene rings is 2. The molecule has 0 aliphatic carbocycles. The quantitative estimate of drug-likeness (QED) is 0.392. The average Bonchev–Trinajstić information content (AvgIpc) is 2.48. The van der Waals surface area contributed by atoms with Crippen LogP contribution in [0.5, 0.6) is 0 Å². The van der Waals surface area contributed by atoms with Crippen molar-refractivity contribution < 1.29 is 4.79 Å². The molecule has 2 aromatic carbocycles. The van der Waals surface area contributed by atoms with Crippen molar-refractivity contribution in [3.8, 4) is 0 Å². The van der Waals surface area contributed by atoms with Crippen LogP contribution in [0.1, 0.15) is 11.1 Å². The molecule has 23 heavy (non-hydrogen) atoms. The Hall–Kier alpha value is -1.31. The summed E-state index contributed by atoms with van der Waals surface area (Å²) < 4.78 is 1.15. The lowest BCUT2D eigenvalue weighted by Crippen LogP contribution is -2.26. The van der Waals surface area contributed by atoms with E-state index in [2.05, 4.69) is 38.4 Å². The SMILES string of the molecule is Cc1cc(I)ccc1NCC(=O)N/N=C\c1ccc(Cl)cc1Cl. The highest BCUT2D eigenvalue weighted by Gasteiger charge is 2.03. The molecule has 120 valence electrons. The van der Waals surface area contributed by atoms with Crippen LogP contribution >= 0.6 is 45.8 Å². The number of carbonyl (C=O) groups excluding carboxylic acids is 1. The summed E-state index contributed by atoms with van der Waals surface area (Å²) in [6, 6.07) is 11.0. The van der Waals surface area contributed by atoms with Gasteiger partial charge in [-0.15, -0.1) is 0 Å². The van der Waals surface area contributed by atoms with Crippen LogP contribution < -0.4 is 10.7 Å². The standard InChI is InChI=1S/C16H14Cl2IN3O/c1-10-6-13(19)4-5-15(10)20-9-16(23)22-21-8-11-2-3-12(17)7-14(11)18/h2-8,20H,9H2,1H3,(H,22,23)/b21-8-. The molecule has 2 aromatic rings. The number of amides is 1. The van der Waals surface area contributed by atoms with Gasteiger partial charge in [0.25, 0.3) is 5.91 Å². The normalized spacial score (nSPS) is 10.8. The van der Waals surface area contributed by atoms with Crippen molar-refractivity contribution in [2.45, 2.75) is 6.92 Å². The predicted octanol–water partition coefficient (Wildman–Crippen LogP) is 4.47. The molecule has 2 rings (SSSR count). The molecule has 0 spiro atoms. The van der Waals surface area contributed by atoms with Crippen molar-refractivity contribution in [3.63, 3.8) is 0 Å². The molecule has 0 saturated carbocycles. The van der Waals surface area contributed by atoms with E-state index in [1.807, 2.05) is 25.1 Å². The van der Waals surface area contributed by atoms with E-state index in [9.17, 15) is 4.79 Å². The fourth-order valence-corrected chi connectivity index (χ4v) is 2.92. The van der Waals surface area contributed by atoms with Crippen molar-refractivity contribution in [1.29, 1.82) is 0 Å². The van der Waals surface area contributed by atoms with Crippen LogP contribution in [0.3, 0.4) is 0 Å². The number of hydrogen-bond donors (Lipinski definition) is 2. The highest BCUT2D eigenvalue weighted by molar-refractivity contribution is 14.1. The second-order valence-corrected chi connectivity index (χ2v) is 6.86. The Balaban J connectivity index is 1.86. The van der Waals surface area contributed by atoms with Gasteiger partial charge in [-0.2, -0.15) is 5.10 Å². The molecule has 0 atom stereocenters. The Labute approximate surface area is 158 Å². The number of aryl methyl sites for hydroxylation is 1. The highest BCUT2D eigenvalue weighted by Crippen LogP contribution is 2.19. The number of rotatable bonds is 5. The summed E-state index contributed by atoms with van der Waals surface area (Å²) in [6.07, 6.45) is 1.48. The third-order valence-corrected chi connectivity index (χ3v) is 4.22. The first-order valence-corrected chi connectivity index (χ1v) is 8.56. The van der Waals surface area contributed by atoms with E-state index in [0.717, 1.165) is 14.8 Å². The number of carbonyl (C=O) groups is 1. The molecule has 0 saturated heterocycles. The first-order chi connectivity index (χ1) is 11.0. The van der Waals surface area contributed by atoms with Crippen molar-refractivity contribution >= 4 is 63.6 Å². The van der Waals surface area contributed by atoms with Gasteiger partial charge in [-0.3, -0.25) is 4.79 Å². The third-order valence-electron chi connectivity index (χ3n) is 2.98. The maximum absolute atomic E-state index is 11.8. The molecule has 0 aromatic heterocycles. The van der Waals surface area contributed by atoms with Crippen molar-refractivity contribution in [1.82, 2.24) is 5.43 Å². The largest absolute Gasteiger partial charge is 0.376 e. The molecule has 2 N–H and O–H groups in total. The zero-order chi connectivity index (χ0) is 16.8.